The molecular weight excluding hydrogens is 399 g/mol. The van der Waals surface area contributed by atoms with E-state index in [-0.39, 0.29) is 11.5 Å². The van der Waals surface area contributed by atoms with Crippen LogP contribution in [0.2, 0.25) is 0 Å². The van der Waals surface area contributed by atoms with Gasteiger partial charge in [0.1, 0.15) is 0 Å². The molecule has 0 aromatic heterocycles. The van der Waals surface area contributed by atoms with Gasteiger partial charge < -0.3 is 0 Å². The Morgan fingerprint density at radius 2 is 1.73 bits per heavy atom. The summed E-state index contributed by atoms with van der Waals surface area (Å²) in [5.41, 5.74) is 4.71. The molecule has 0 radical (unpaired) electrons. The minimum absolute atomic E-state index is 0.170. The summed E-state index contributed by atoms with van der Waals surface area (Å²) in [5.74, 6) is -1.84. The second-order valence-electron chi connectivity index (χ2n) is 5.09. The molecule has 11 heteroatoms. The van der Waals surface area contributed by atoms with Crippen LogP contribution >= 0.6 is 21.6 Å². The monoisotopic (exact) mass is 420 g/mol. The van der Waals surface area contributed by atoms with Gasteiger partial charge in [0.2, 0.25) is 0 Å². The maximum absolute atomic E-state index is 11.5. The topological polar surface area (TPSA) is 139 Å². The van der Waals surface area contributed by atoms with Crippen LogP contribution in [0.25, 0.3) is 0 Å². The Hall–Kier alpha value is -0.451. The molecule has 0 amide bonds. The maximum atomic E-state index is 11.5. The predicted molar refractivity (Wildman–Crippen MR) is 87.1 cm³/mol. The van der Waals surface area contributed by atoms with Gasteiger partial charge in [-0.2, -0.15) is 0 Å². The van der Waals surface area contributed by atoms with E-state index in [2.05, 4.69) is 4.33 Å². The van der Waals surface area contributed by atoms with Crippen LogP contribution in [0.3, 0.4) is 0 Å². The molecule has 0 aromatic carbocycles. The summed E-state index contributed by atoms with van der Waals surface area (Å²) in [6.45, 7) is 5.19. The van der Waals surface area contributed by atoms with Crippen LogP contribution < -0.4 is 10.1 Å². The fourth-order valence-corrected chi connectivity index (χ4v) is 4.86. The van der Waals surface area contributed by atoms with Crippen molar-refractivity contribution in [3.8, 4) is 0 Å². The number of nitrogens with one attached hydrogen (secondary N) is 1. The summed E-state index contributed by atoms with van der Waals surface area (Å²) in [7, 11) is 2.37. The number of carboxylic acids is 2. The third-order valence-electron chi connectivity index (χ3n) is 1.85. The van der Waals surface area contributed by atoms with E-state index in [1.807, 2.05) is 0 Å². The Labute approximate surface area is 143 Å². The summed E-state index contributed by atoms with van der Waals surface area (Å²) in [5, 5.41) is 17.7. The number of hydrogen-bond donors (Lipinski definition) is 4. The van der Waals surface area contributed by atoms with Gasteiger partial charge in [0.25, 0.3) is 0 Å². The van der Waals surface area contributed by atoms with Gasteiger partial charge >= 0.3 is 143 Å². The van der Waals surface area contributed by atoms with Crippen LogP contribution in [0.15, 0.2) is 0 Å². The van der Waals surface area contributed by atoms with Gasteiger partial charge in [-0.15, -0.1) is 0 Å². The van der Waals surface area contributed by atoms with Gasteiger partial charge in [-0.1, -0.05) is 0 Å². The van der Waals surface area contributed by atoms with Crippen molar-refractivity contribution in [1.29, 1.82) is 0 Å². The van der Waals surface area contributed by atoms with Crippen molar-refractivity contribution in [1.82, 2.24) is 4.33 Å². The number of carbonyl (C=O) groups excluding carboxylic acids is 1. The Morgan fingerprint density at radius 1 is 1.18 bits per heavy atom. The van der Waals surface area contributed by atoms with E-state index < -0.39 is 49.7 Å². The summed E-state index contributed by atoms with van der Waals surface area (Å²) in [4.78, 5) is 32.7. The molecule has 0 spiro atoms. The quantitative estimate of drug-likeness (QED) is 0.223. The molecule has 0 aliphatic carbocycles. The molecular formula is C11H20N2O6S2Se. The van der Waals surface area contributed by atoms with Gasteiger partial charge in [0.05, 0.1) is 0 Å². The second kappa shape index (κ2) is 10.3. The average Bonchev–Trinajstić information content (AvgIpc) is 2.34. The predicted octanol–water partition coefficient (Wildman–Crippen LogP) is 0.377. The van der Waals surface area contributed by atoms with E-state index in [1.165, 1.54) is 21.6 Å². The SMILES string of the molecule is CC(C)(C)OC(=O)[Se]NC(CSSCC(N)C(=O)O)C(=O)O. The fraction of sp³-hybridized carbons (Fsp3) is 0.727. The third kappa shape index (κ3) is 11.2. The van der Waals surface area contributed by atoms with Gasteiger partial charge in [0, 0.05) is 0 Å². The number of hydrogen-bond acceptors (Lipinski definition) is 8. The average molecular weight is 419 g/mol. The van der Waals surface area contributed by atoms with Crippen LogP contribution in [-0.2, 0) is 14.3 Å². The van der Waals surface area contributed by atoms with Crippen molar-refractivity contribution < 1.29 is 29.3 Å². The van der Waals surface area contributed by atoms with Gasteiger partial charge in [0.15, 0.2) is 0 Å². The van der Waals surface area contributed by atoms with Crippen LogP contribution in [0, 0.1) is 0 Å². The minimum atomic E-state index is -1.10. The van der Waals surface area contributed by atoms with E-state index in [9.17, 15) is 14.4 Å². The number of nitrogens with two attached hydrogens (primary N) is 1. The van der Waals surface area contributed by atoms with E-state index in [0.29, 0.717) is 0 Å². The molecule has 0 saturated carbocycles. The van der Waals surface area contributed by atoms with Crippen molar-refractivity contribution in [3.05, 3.63) is 0 Å². The van der Waals surface area contributed by atoms with E-state index >= 15 is 0 Å². The summed E-state index contributed by atoms with van der Waals surface area (Å²) < 4.78 is 7.75. The van der Waals surface area contributed by atoms with Crippen LogP contribution in [0.4, 0.5) is 4.79 Å². The number of aliphatic carboxylic acids is 2. The van der Waals surface area contributed by atoms with Crippen LogP contribution in [0.1, 0.15) is 20.8 Å². The molecule has 8 nitrogen and oxygen atoms in total. The Bertz CT molecular complexity index is 405. The Balaban J connectivity index is 4.10. The zero-order valence-electron chi connectivity index (χ0n) is 12.4. The Morgan fingerprint density at radius 3 is 2.18 bits per heavy atom. The molecule has 0 rings (SSSR count). The van der Waals surface area contributed by atoms with Crippen molar-refractivity contribution in [2.45, 2.75) is 38.5 Å². The molecule has 22 heavy (non-hydrogen) atoms. The number of ether oxygens (including phenoxy) is 1. The molecule has 5 N–H and O–H groups in total. The third-order valence-corrected chi connectivity index (χ3v) is 5.67. The first-order valence-electron chi connectivity index (χ1n) is 6.14. The zero-order valence-corrected chi connectivity index (χ0v) is 15.7. The van der Waals surface area contributed by atoms with Crippen molar-refractivity contribution in [2.75, 3.05) is 11.5 Å². The first-order chi connectivity index (χ1) is 10.0. The molecule has 0 heterocycles. The normalized spacial score (nSPS) is 14.2. The van der Waals surface area contributed by atoms with Crippen molar-refractivity contribution in [3.63, 3.8) is 0 Å². The summed E-state index contributed by atoms with van der Waals surface area (Å²) in [6.07, 6.45) is 0. The molecule has 0 aliphatic rings. The Kier molecular flexibility index (Phi) is 10.1. The van der Waals surface area contributed by atoms with Crippen molar-refractivity contribution >= 4 is 53.6 Å². The standard InChI is InChI=1S/C11H20N2O6S2Se/c1-11(2,3)19-10(18)22-13-7(9(16)17)5-21-20-4-6(12)8(14)15/h6-7,13H,4-5,12H2,1-3H3,(H,14,15)(H,16,17). The summed E-state index contributed by atoms with van der Waals surface area (Å²) in [6, 6.07) is -1.90. The second-order valence-corrected chi connectivity index (χ2v) is 9.26. The first kappa shape index (κ1) is 21.5. The summed E-state index contributed by atoms with van der Waals surface area (Å²) >= 11 is -0.807. The molecule has 0 aliphatic heterocycles. The van der Waals surface area contributed by atoms with E-state index in [1.54, 1.807) is 20.8 Å². The molecule has 0 saturated heterocycles. The van der Waals surface area contributed by atoms with Gasteiger partial charge in [-0.05, 0) is 0 Å². The number of rotatable bonds is 10. The fourth-order valence-electron chi connectivity index (χ4n) is 0.855. The molecule has 0 bridgehead atoms. The molecule has 128 valence electrons. The van der Waals surface area contributed by atoms with Crippen LogP contribution in [0.5, 0.6) is 0 Å². The van der Waals surface area contributed by atoms with E-state index in [0.717, 1.165) is 0 Å². The van der Waals surface area contributed by atoms with E-state index in [4.69, 9.17) is 20.7 Å². The molecule has 2 unspecified atom stereocenters. The molecule has 0 fully saturated rings. The zero-order chi connectivity index (χ0) is 17.3. The molecule has 2 atom stereocenters. The van der Waals surface area contributed by atoms with Crippen LogP contribution in [-0.4, -0.2) is 71.4 Å². The number of carboxylic acid groups (broad SMARTS) is 2. The van der Waals surface area contributed by atoms with Gasteiger partial charge in [-0.25, -0.2) is 0 Å². The van der Waals surface area contributed by atoms with Crippen molar-refractivity contribution in [2.24, 2.45) is 5.73 Å². The molecule has 0 aromatic rings. The first-order valence-corrected chi connectivity index (χ1v) is 10.3. The number of carbonyl (C=O) groups is 3. The van der Waals surface area contributed by atoms with Gasteiger partial charge in [-0.3, -0.25) is 0 Å².